The fourth-order valence-electron chi connectivity index (χ4n) is 8.05. The second-order valence-electron chi connectivity index (χ2n) is 13.4. The lowest BCUT2D eigenvalue weighted by Crippen LogP contribution is -2.45. The maximum Gasteiger partial charge on any atom is 0.329 e. The van der Waals surface area contributed by atoms with E-state index in [1.807, 2.05) is 24.3 Å². The number of para-hydroxylation sites is 1. The summed E-state index contributed by atoms with van der Waals surface area (Å²) in [5, 5.41) is 8.30. The quantitative estimate of drug-likeness (QED) is 0.235. The number of methoxy groups -OCH3 is 1. The monoisotopic (exact) mass is 628 g/mol. The first-order valence-corrected chi connectivity index (χ1v) is 16.5. The highest BCUT2D eigenvalue weighted by molar-refractivity contribution is 6.00. The van der Waals surface area contributed by atoms with Gasteiger partial charge in [-0.2, -0.15) is 5.10 Å². The van der Waals surface area contributed by atoms with Gasteiger partial charge in [0.25, 0.3) is 0 Å². The smallest absolute Gasteiger partial charge is 0.329 e. The van der Waals surface area contributed by atoms with E-state index in [-0.39, 0.29) is 18.0 Å². The van der Waals surface area contributed by atoms with Crippen molar-refractivity contribution in [3.63, 3.8) is 0 Å². The van der Waals surface area contributed by atoms with Crippen molar-refractivity contribution in [2.45, 2.75) is 69.5 Å². The highest BCUT2D eigenvalue weighted by Gasteiger charge is 2.33. The number of ether oxygens (including phenoxy) is 1. The Kier molecular flexibility index (Phi) is 8.00. The number of hydrogen-bond donors (Lipinski definition) is 2. The second-order valence-corrected chi connectivity index (χ2v) is 13.4. The van der Waals surface area contributed by atoms with Crippen molar-refractivity contribution in [3.8, 4) is 5.75 Å². The number of nitrogen functional groups attached to an aromatic ring is 1. The molecule has 7 rings (SSSR count). The molecule has 2 saturated heterocycles. The minimum Gasteiger partial charge on any atom is -0.495 e. The zero-order valence-electron chi connectivity index (χ0n) is 26.9. The summed E-state index contributed by atoms with van der Waals surface area (Å²) in [6.45, 7) is 2.91. The molecule has 12 nitrogen and oxygen atoms in total. The Morgan fingerprint density at radius 1 is 1.04 bits per heavy atom. The van der Waals surface area contributed by atoms with Crippen LogP contribution in [0.5, 0.6) is 5.75 Å². The largest absolute Gasteiger partial charge is 0.495 e. The molecule has 4 heterocycles. The summed E-state index contributed by atoms with van der Waals surface area (Å²) in [7, 11) is 5.68. The van der Waals surface area contributed by atoms with Crippen LogP contribution >= 0.6 is 0 Å². The molecule has 3 aliphatic rings. The number of rotatable bonds is 7. The number of aromatic nitrogens is 4. The first-order chi connectivity index (χ1) is 22.2. The fraction of sp³-hybridized carbons (Fsp3) is 0.529. The third kappa shape index (κ3) is 5.42. The van der Waals surface area contributed by atoms with E-state index >= 15 is 0 Å². The Labute approximate surface area is 268 Å². The van der Waals surface area contributed by atoms with Gasteiger partial charge in [-0.25, -0.2) is 4.79 Å². The van der Waals surface area contributed by atoms with Crippen molar-refractivity contribution in [1.29, 1.82) is 0 Å². The number of piperidine rings is 2. The summed E-state index contributed by atoms with van der Waals surface area (Å²) >= 11 is 0. The highest BCUT2D eigenvalue weighted by atomic mass is 16.5. The van der Waals surface area contributed by atoms with Crippen molar-refractivity contribution in [3.05, 3.63) is 47.0 Å². The maximum atomic E-state index is 13.4. The molecule has 1 aliphatic carbocycles. The molecule has 1 atom stereocenters. The second kappa shape index (κ2) is 12.1. The molecule has 12 heteroatoms. The van der Waals surface area contributed by atoms with Gasteiger partial charge in [0.2, 0.25) is 11.8 Å². The average Bonchev–Trinajstić information content (AvgIpc) is 3.58. The predicted octanol–water partition coefficient (Wildman–Crippen LogP) is 3.59. The zero-order chi connectivity index (χ0) is 32.1. The zero-order valence-corrected chi connectivity index (χ0v) is 26.9. The molecule has 0 radical (unpaired) electrons. The maximum absolute atomic E-state index is 13.4. The van der Waals surface area contributed by atoms with Crippen LogP contribution in [-0.4, -0.2) is 75.5 Å². The molecule has 1 unspecified atom stereocenters. The standard InChI is InChI=1S/C34H44N8O4/c1-38(19-21-7-9-24(10-8-21)41-20-22-17-25(35)30(46-3)18-26(22)37-41)23-13-15-40(16-14-23)27-5-4-6-28-32(27)39(2)34(45)42(28)29-11-12-31(43)36-33(29)44/h4-6,17-18,20-21,23-24,29H,7-16,19,35H2,1-3H3,(H,36,43,44). The Hall–Kier alpha value is -4.32. The molecule has 2 aromatic heterocycles. The van der Waals surface area contributed by atoms with E-state index in [1.54, 1.807) is 23.3 Å². The van der Waals surface area contributed by atoms with Crippen LogP contribution in [-0.2, 0) is 16.6 Å². The SMILES string of the molecule is COc1cc2nn(C3CCC(CN(C)C4CCN(c5cccc6c5n(C)c(=O)n6C5CCC(=O)NC5=O)CC4)CC3)cc2cc1N. The normalized spacial score (nSPS) is 23.0. The molecule has 3 fully saturated rings. The van der Waals surface area contributed by atoms with Gasteiger partial charge in [-0.05, 0) is 76.1 Å². The third-order valence-corrected chi connectivity index (χ3v) is 10.6. The summed E-state index contributed by atoms with van der Waals surface area (Å²) < 4.78 is 10.7. The average molecular weight is 629 g/mol. The molecule has 4 aromatic rings. The number of fused-ring (bicyclic) bond motifs is 2. The Morgan fingerprint density at radius 2 is 1.80 bits per heavy atom. The number of anilines is 2. The summed E-state index contributed by atoms with van der Waals surface area (Å²) in [6, 6.07) is 10.1. The van der Waals surface area contributed by atoms with Crippen LogP contribution in [0, 0.1) is 5.92 Å². The highest BCUT2D eigenvalue weighted by Crippen LogP contribution is 2.36. The van der Waals surface area contributed by atoms with Crippen molar-refractivity contribution in [1.82, 2.24) is 29.1 Å². The summed E-state index contributed by atoms with van der Waals surface area (Å²) in [5.74, 6) is 0.652. The number of carbonyl (C=O) groups excluding carboxylic acids is 2. The van der Waals surface area contributed by atoms with E-state index in [2.05, 4.69) is 39.1 Å². The number of nitrogens with zero attached hydrogens (tertiary/aromatic N) is 6. The molecule has 244 valence electrons. The van der Waals surface area contributed by atoms with Gasteiger partial charge in [-0.3, -0.25) is 28.7 Å². The van der Waals surface area contributed by atoms with Crippen molar-refractivity contribution in [2.75, 3.05) is 44.4 Å². The van der Waals surface area contributed by atoms with Gasteiger partial charge in [0, 0.05) is 56.8 Å². The van der Waals surface area contributed by atoms with Gasteiger partial charge in [-0.15, -0.1) is 0 Å². The minimum absolute atomic E-state index is 0.230. The van der Waals surface area contributed by atoms with Crippen LogP contribution in [0.4, 0.5) is 11.4 Å². The van der Waals surface area contributed by atoms with Crippen molar-refractivity contribution < 1.29 is 14.3 Å². The van der Waals surface area contributed by atoms with Crippen LogP contribution in [0.2, 0.25) is 0 Å². The number of carbonyl (C=O) groups is 2. The number of nitrogens with two attached hydrogens (primary N) is 1. The fourth-order valence-corrected chi connectivity index (χ4v) is 8.05. The number of imidazole rings is 1. The van der Waals surface area contributed by atoms with E-state index in [0.717, 1.165) is 72.9 Å². The summed E-state index contributed by atoms with van der Waals surface area (Å²) in [5.41, 5.74) is 10.0. The molecule has 2 aromatic carbocycles. The number of nitrogens with one attached hydrogen (secondary N) is 1. The molecule has 2 amide bonds. The van der Waals surface area contributed by atoms with Crippen molar-refractivity contribution in [2.24, 2.45) is 13.0 Å². The number of hydrogen-bond acceptors (Lipinski definition) is 8. The number of aryl methyl sites for hydroxylation is 1. The van der Waals surface area contributed by atoms with Crippen molar-refractivity contribution >= 4 is 45.1 Å². The Morgan fingerprint density at radius 3 is 2.52 bits per heavy atom. The lowest BCUT2D eigenvalue weighted by molar-refractivity contribution is -0.135. The first kappa shape index (κ1) is 30.3. The summed E-state index contributed by atoms with van der Waals surface area (Å²) in [4.78, 5) is 42.7. The number of amides is 2. The molecule has 3 N–H and O–H groups in total. The number of benzene rings is 2. The van der Waals surface area contributed by atoms with E-state index < -0.39 is 11.9 Å². The Balaban J connectivity index is 0.964. The van der Waals surface area contributed by atoms with Crippen LogP contribution in [0.3, 0.4) is 0 Å². The lowest BCUT2D eigenvalue weighted by atomic mass is 9.85. The van der Waals surface area contributed by atoms with E-state index in [1.165, 1.54) is 12.8 Å². The third-order valence-electron chi connectivity index (χ3n) is 10.6. The molecule has 0 spiro atoms. The number of imide groups is 1. The van der Waals surface area contributed by atoms with Crippen LogP contribution in [0.15, 0.2) is 41.3 Å². The van der Waals surface area contributed by atoms with Crippen LogP contribution < -0.4 is 26.4 Å². The van der Waals surface area contributed by atoms with Gasteiger partial charge in [0.15, 0.2) is 0 Å². The van der Waals surface area contributed by atoms with Crippen LogP contribution in [0.25, 0.3) is 21.9 Å². The molecular formula is C34H44N8O4. The van der Waals surface area contributed by atoms with E-state index in [0.29, 0.717) is 35.9 Å². The predicted molar refractivity (Wildman–Crippen MR) is 178 cm³/mol. The van der Waals surface area contributed by atoms with Gasteiger partial charge in [-0.1, -0.05) is 6.07 Å². The van der Waals surface area contributed by atoms with Gasteiger partial charge >= 0.3 is 5.69 Å². The van der Waals surface area contributed by atoms with Gasteiger partial charge < -0.3 is 20.3 Å². The Bertz CT molecular complexity index is 1840. The molecule has 46 heavy (non-hydrogen) atoms. The molecule has 2 aliphatic heterocycles. The van der Waals surface area contributed by atoms with E-state index in [9.17, 15) is 14.4 Å². The van der Waals surface area contributed by atoms with E-state index in [4.69, 9.17) is 15.6 Å². The van der Waals surface area contributed by atoms with Gasteiger partial charge in [0.1, 0.15) is 11.8 Å². The summed E-state index contributed by atoms with van der Waals surface area (Å²) in [6.07, 6.45) is 9.42. The molecule has 0 bridgehead atoms. The minimum atomic E-state index is -0.679. The topological polar surface area (TPSA) is 133 Å². The molecular weight excluding hydrogens is 584 g/mol. The molecule has 1 saturated carbocycles. The lowest BCUT2D eigenvalue weighted by Gasteiger charge is -2.40. The first-order valence-electron chi connectivity index (χ1n) is 16.5. The van der Waals surface area contributed by atoms with Crippen LogP contribution in [0.1, 0.15) is 63.5 Å². The van der Waals surface area contributed by atoms with Gasteiger partial charge in [0.05, 0.1) is 41.1 Å².